The van der Waals surface area contributed by atoms with Gasteiger partial charge < -0.3 is 15.1 Å². The van der Waals surface area contributed by atoms with Crippen LogP contribution in [0.5, 0.6) is 0 Å². The Balaban J connectivity index is 1.41. The fraction of sp³-hybridized carbons (Fsp3) is 0.368. The molecule has 2 heterocycles. The van der Waals surface area contributed by atoms with Gasteiger partial charge in [-0.25, -0.2) is 0 Å². The Morgan fingerprint density at radius 2 is 1.72 bits per heavy atom. The standard InChI is InChI=1S/C19H21ClN4O/c20-14-2-1-3-16(12-14)23-8-10-24(11-9-23)17-6-7-21-18(13-17)19(25)22-15-4-5-15/h1-3,6-7,12-13,15H,4-5,8-11H2,(H,22,25). The van der Waals surface area contributed by atoms with Gasteiger partial charge in [-0.2, -0.15) is 0 Å². The van der Waals surface area contributed by atoms with E-state index in [2.05, 4.69) is 26.2 Å². The number of carbonyl (C=O) groups excluding carboxylic acids is 1. The van der Waals surface area contributed by atoms with E-state index < -0.39 is 0 Å². The van der Waals surface area contributed by atoms with Crippen molar-refractivity contribution in [1.29, 1.82) is 0 Å². The minimum absolute atomic E-state index is 0.0677. The number of rotatable bonds is 4. The molecule has 5 nitrogen and oxygen atoms in total. The lowest BCUT2D eigenvalue weighted by atomic mass is 10.2. The number of amides is 1. The number of pyridine rings is 1. The molecule has 25 heavy (non-hydrogen) atoms. The second kappa shape index (κ2) is 6.92. The Hall–Kier alpha value is -2.27. The van der Waals surface area contributed by atoms with Crippen LogP contribution in [0.3, 0.4) is 0 Å². The summed E-state index contributed by atoms with van der Waals surface area (Å²) in [4.78, 5) is 21.0. The topological polar surface area (TPSA) is 48.5 Å². The molecule has 1 saturated carbocycles. The summed E-state index contributed by atoms with van der Waals surface area (Å²) in [7, 11) is 0. The quantitative estimate of drug-likeness (QED) is 0.915. The summed E-state index contributed by atoms with van der Waals surface area (Å²) in [5, 5.41) is 3.76. The third-order valence-electron chi connectivity index (χ3n) is 4.71. The number of halogens is 1. The highest BCUT2D eigenvalue weighted by molar-refractivity contribution is 6.30. The van der Waals surface area contributed by atoms with Gasteiger partial charge in [0.25, 0.3) is 5.91 Å². The van der Waals surface area contributed by atoms with Crippen LogP contribution in [0, 0.1) is 0 Å². The lowest BCUT2D eigenvalue weighted by Crippen LogP contribution is -2.46. The van der Waals surface area contributed by atoms with Gasteiger partial charge in [0.05, 0.1) is 0 Å². The molecule has 4 rings (SSSR count). The lowest BCUT2D eigenvalue weighted by Gasteiger charge is -2.37. The van der Waals surface area contributed by atoms with Crippen LogP contribution in [0.15, 0.2) is 42.6 Å². The molecule has 1 aromatic carbocycles. The highest BCUT2D eigenvalue weighted by Crippen LogP contribution is 2.24. The molecular weight excluding hydrogens is 336 g/mol. The Morgan fingerprint density at radius 3 is 2.36 bits per heavy atom. The summed E-state index contributed by atoms with van der Waals surface area (Å²) in [6.07, 6.45) is 3.88. The van der Waals surface area contributed by atoms with E-state index in [-0.39, 0.29) is 5.91 Å². The third-order valence-corrected chi connectivity index (χ3v) is 4.94. The molecule has 6 heteroatoms. The number of hydrogen-bond donors (Lipinski definition) is 1. The number of hydrogen-bond acceptors (Lipinski definition) is 4. The first kappa shape index (κ1) is 16.2. The zero-order valence-electron chi connectivity index (χ0n) is 14.0. The number of carbonyl (C=O) groups is 1. The van der Waals surface area contributed by atoms with Gasteiger partial charge in [-0.15, -0.1) is 0 Å². The first-order valence-corrected chi connectivity index (χ1v) is 9.09. The van der Waals surface area contributed by atoms with Crippen LogP contribution in [-0.2, 0) is 0 Å². The van der Waals surface area contributed by atoms with Crippen molar-refractivity contribution < 1.29 is 4.79 Å². The first-order chi connectivity index (χ1) is 12.2. The van der Waals surface area contributed by atoms with Gasteiger partial charge in [-0.05, 0) is 43.2 Å². The Labute approximate surface area is 152 Å². The summed E-state index contributed by atoms with van der Waals surface area (Å²) >= 11 is 6.09. The lowest BCUT2D eigenvalue weighted by molar-refractivity contribution is 0.0946. The van der Waals surface area contributed by atoms with Gasteiger partial charge in [0.2, 0.25) is 0 Å². The van der Waals surface area contributed by atoms with Crippen molar-refractivity contribution in [3.63, 3.8) is 0 Å². The minimum Gasteiger partial charge on any atom is -0.368 e. The summed E-state index contributed by atoms with van der Waals surface area (Å²) in [5.41, 5.74) is 2.72. The fourth-order valence-corrected chi connectivity index (χ4v) is 3.31. The van der Waals surface area contributed by atoms with Crippen LogP contribution in [0.4, 0.5) is 11.4 Å². The zero-order valence-corrected chi connectivity index (χ0v) is 14.7. The minimum atomic E-state index is -0.0677. The van der Waals surface area contributed by atoms with E-state index >= 15 is 0 Å². The van der Waals surface area contributed by atoms with E-state index in [9.17, 15) is 4.79 Å². The molecule has 1 amide bonds. The van der Waals surface area contributed by atoms with Crippen molar-refractivity contribution in [1.82, 2.24) is 10.3 Å². The molecule has 1 aliphatic carbocycles. The van der Waals surface area contributed by atoms with E-state index in [1.165, 1.54) is 0 Å². The Bertz CT molecular complexity index is 770. The monoisotopic (exact) mass is 356 g/mol. The van der Waals surface area contributed by atoms with Crippen LogP contribution < -0.4 is 15.1 Å². The van der Waals surface area contributed by atoms with E-state index in [1.54, 1.807) is 6.20 Å². The number of aromatic nitrogens is 1. The van der Waals surface area contributed by atoms with Crippen LogP contribution in [0.25, 0.3) is 0 Å². The van der Waals surface area contributed by atoms with Gasteiger partial charge in [-0.1, -0.05) is 17.7 Å². The molecule has 1 aromatic heterocycles. The average Bonchev–Trinajstić information content (AvgIpc) is 3.46. The van der Waals surface area contributed by atoms with E-state index in [4.69, 9.17) is 11.6 Å². The molecule has 0 unspecified atom stereocenters. The second-order valence-electron chi connectivity index (χ2n) is 6.60. The Morgan fingerprint density at radius 1 is 1.04 bits per heavy atom. The predicted octanol–water partition coefficient (Wildman–Crippen LogP) is 2.95. The number of nitrogens with zero attached hydrogens (tertiary/aromatic N) is 3. The van der Waals surface area contributed by atoms with Crippen LogP contribution in [0.2, 0.25) is 5.02 Å². The third kappa shape index (κ3) is 3.87. The van der Waals surface area contributed by atoms with E-state index in [0.717, 1.165) is 55.4 Å². The van der Waals surface area contributed by atoms with Crippen LogP contribution >= 0.6 is 11.6 Å². The number of benzene rings is 1. The van der Waals surface area contributed by atoms with Crippen molar-refractivity contribution in [2.24, 2.45) is 0 Å². The molecule has 130 valence electrons. The smallest absolute Gasteiger partial charge is 0.270 e. The maximum Gasteiger partial charge on any atom is 0.270 e. The van der Waals surface area contributed by atoms with Crippen molar-refractivity contribution in [2.75, 3.05) is 36.0 Å². The largest absolute Gasteiger partial charge is 0.368 e. The SMILES string of the molecule is O=C(NC1CC1)c1cc(N2CCN(c3cccc(Cl)c3)CC2)ccn1. The molecule has 1 saturated heterocycles. The van der Waals surface area contributed by atoms with Gasteiger partial charge in [0, 0.05) is 54.8 Å². The molecular formula is C19H21ClN4O. The Kier molecular flexibility index (Phi) is 4.49. The van der Waals surface area contributed by atoms with Gasteiger partial charge in [0.15, 0.2) is 0 Å². The van der Waals surface area contributed by atoms with Crippen molar-refractivity contribution in [3.8, 4) is 0 Å². The number of piperazine rings is 1. The van der Waals surface area contributed by atoms with Crippen molar-refractivity contribution >= 4 is 28.9 Å². The van der Waals surface area contributed by atoms with E-state index in [1.807, 2.05) is 30.3 Å². The molecule has 1 aliphatic heterocycles. The molecule has 0 radical (unpaired) electrons. The highest BCUT2D eigenvalue weighted by atomic mass is 35.5. The molecule has 0 spiro atoms. The van der Waals surface area contributed by atoms with Crippen molar-refractivity contribution in [3.05, 3.63) is 53.3 Å². The zero-order chi connectivity index (χ0) is 17.2. The molecule has 2 aliphatic rings. The van der Waals surface area contributed by atoms with Gasteiger partial charge >= 0.3 is 0 Å². The number of anilines is 2. The summed E-state index contributed by atoms with van der Waals surface area (Å²) in [5.74, 6) is -0.0677. The molecule has 0 atom stereocenters. The summed E-state index contributed by atoms with van der Waals surface area (Å²) in [6, 6.07) is 12.2. The highest BCUT2D eigenvalue weighted by Gasteiger charge is 2.25. The summed E-state index contributed by atoms with van der Waals surface area (Å²) < 4.78 is 0. The van der Waals surface area contributed by atoms with Gasteiger partial charge in [-0.3, -0.25) is 9.78 Å². The summed E-state index contributed by atoms with van der Waals surface area (Å²) in [6.45, 7) is 3.65. The molecule has 1 N–H and O–H groups in total. The van der Waals surface area contributed by atoms with Crippen molar-refractivity contribution in [2.45, 2.75) is 18.9 Å². The number of nitrogens with one attached hydrogen (secondary N) is 1. The van der Waals surface area contributed by atoms with Gasteiger partial charge in [0.1, 0.15) is 5.69 Å². The average molecular weight is 357 g/mol. The fourth-order valence-electron chi connectivity index (χ4n) is 3.12. The molecule has 2 aromatic rings. The maximum atomic E-state index is 12.2. The molecule has 2 fully saturated rings. The van der Waals surface area contributed by atoms with E-state index in [0.29, 0.717) is 11.7 Å². The normalized spacial score (nSPS) is 17.5. The molecule has 0 bridgehead atoms. The van der Waals surface area contributed by atoms with Crippen LogP contribution in [-0.4, -0.2) is 43.1 Å². The predicted molar refractivity (Wildman–Crippen MR) is 101 cm³/mol. The second-order valence-corrected chi connectivity index (χ2v) is 7.04. The first-order valence-electron chi connectivity index (χ1n) is 8.71. The maximum absolute atomic E-state index is 12.2. The van der Waals surface area contributed by atoms with Crippen LogP contribution in [0.1, 0.15) is 23.3 Å².